The lowest BCUT2D eigenvalue weighted by atomic mass is 9.67. The summed E-state index contributed by atoms with van der Waals surface area (Å²) in [6, 6.07) is 116. The molecule has 12 nitrogen and oxygen atoms in total. The van der Waals surface area contributed by atoms with Gasteiger partial charge in [-0.25, -0.2) is 0 Å². The number of hydrogen-bond acceptors (Lipinski definition) is 12. The van der Waals surface area contributed by atoms with E-state index in [9.17, 15) is 40.9 Å². The van der Waals surface area contributed by atoms with Gasteiger partial charge in [0.15, 0.2) is 0 Å². The lowest BCUT2D eigenvalue weighted by molar-refractivity contribution is 0.399. The van der Waals surface area contributed by atoms with E-state index in [-0.39, 0.29) is 46.0 Å². The quantitative estimate of drug-likeness (QED) is 0.0301. The molecule has 0 saturated heterocycles. The minimum absolute atomic E-state index is 0.242. The highest BCUT2D eigenvalue weighted by atomic mass is 16.3. The van der Waals surface area contributed by atoms with Crippen molar-refractivity contribution in [1.82, 2.24) is 0 Å². The second-order valence-electron chi connectivity index (χ2n) is 31.6. The third-order valence-electron chi connectivity index (χ3n) is 22.9. The second kappa shape index (κ2) is 60.4. The number of allylic oxidation sites excluding steroid dienone is 9. The third-order valence-corrected chi connectivity index (χ3v) is 22.9. The van der Waals surface area contributed by atoms with Gasteiger partial charge in [-0.15, -0.1) is 59.2 Å². The van der Waals surface area contributed by atoms with Crippen molar-refractivity contribution < 1.29 is 61.3 Å². The lowest BCUT2D eigenvalue weighted by Gasteiger charge is -2.34. The van der Waals surface area contributed by atoms with Gasteiger partial charge in [0.05, 0.1) is 10.8 Å². The molecule has 16 aromatic carbocycles. The lowest BCUT2D eigenvalue weighted by Crippen LogP contribution is -2.29. The zero-order valence-corrected chi connectivity index (χ0v) is 81.8. The first-order chi connectivity index (χ1) is 68.3. The first kappa shape index (κ1) is 113. The van der Waals surface area contributed by atoms with Gasteiger partial charge < -0.3 is 61.3 Å². The van der Waals surface area contributed by atoms with Crippen molar-refractivity contribution in [2.75, 3.05) is 28.4 Å². The molecule has 0 aliphatic heterocycles. The van der Waals surface area contributed by atoms with Gasteiger partial charge in [-0.3, -0.25) is 0 Å². The van der Waals surface area contributed by atoms with Gasteiger partial charge in [0.2, 0.25) is 0 Å². The molecule has 2 aliphatic carbocycles. The maximum atomic E-state index is 10.5. The summed E-state index contributed by atoms with van der Waals surface area (Å²) < 4.78 is 0. The van der Waals surface area contributed by atoms with Crippen molar-refractivity contribution in [3.05, 3.63) is 544 Å². The summed E-state index contributed by atoms with van der Waals surface area (Å²) in [4.78, 5) is 0. The Labute approximate surface area is 829 Å². The number of aromatic hydroxyl groups is 8. The van der Waals surface area contributed by atoms with Crippen LogP contribution in [0.4, 0.5) is 0 Å². The van der Waals surface area contributed by atoms with Gasteiger partial charge in [-0.1, -0.05) is 348 Å². The fourth-order valence-corrected chi connectivity index (χ4v) is 16.3. The molecule has 18 rings (SSSR count). The van der Waals surface area contributed by atoms with E-state index in [2.05, 4.69) is 292 Å². The monoisotopic (exact) mass is 1870 g/mol. The fraction of sp³-hybridized carbons (Fsp3) is 0.141. The van der Waals surface area contributed by atoms with Gasteiger partial charge >= 0.3 is 0 Å². The summed E-state index contributed by atoms with van der Waals surface area (Å²) in [6.07, 6.45) is 23.2. The third kappa shape index (κ3) is 29.2. The van der Waals surface area contributed by atoms with Crippen LogP contribution in [0.2, 0.25) is 0 Å². The number of phenols is 8. The summed E-state index contributed by atoms with van der Waals surface area (Å²) in [7, 11) is 4.00. The molecular weight excluding hydrogens is 1730 g/mol. The highest BCUT2D eigenvalue weighted by Crippen LogP contribution is 2.59. The normalized spacial score (nSPS) is 10.8. The minimum atomic E-state index is -0.583. The molecule has 0 radical (unpaired) electrons. The van der Waals surface area contributed by atoms with Crippen LogP contribution in [0.15, 0.2) is 466 Å². The van der Waals surface area contributed by atoms with Gasteiger partial charge in [0.25, 0.3) is 0 Å². The van der Waals surface area contributed by atoms with Crippen molar-refractivity contribution in [2.24, 2.45) is 0 Å². The summed E-state index contributed by atoms with van der Waals surface area (Å²) in [6.45, 7) is 39.3. The molecule has 0 aromatic heterocycles. The van der Waals surface area contributed by atoms with Crippen molar-refractivity contribution >= 4 is 21.5 Å². The topological polar surface area (TPSA) is 243 Å². The highest BCUT2D eigenvalue weighted by molar-refractivity contribution is 5.89. The number of aliphatic hydroxyl groups excluding tert-OH is 4. The summed E-state index contributed by atoms with van der Waals surface area (Å²) in [5.41, 5.74) is 21.9. The van der Waals surface area contributed by atoms with E-state index in [0.717, 1.165) is 126 Å². The Morgan fingerprint density at radius 2 is 0.364 bits per heavy atom. The molecule has 2 aliphatic rings. The summed E-state index contributed by atoms with van der Waals surface area (Å²) >= 11 is 0. The van der Waals surface area contributed by atoms with E-state index in [0.29, 0.717) is 38.5 Å². The molecule has 0 atom stereocenters. The van der Waals surface area contributed by atoms with E-state index in [1.807, 2.05) is 115 Å². The Kier molecular flexibility index (Phi) is 48.6. The van der Waals surface area contributed by atoms with Crippen LogP contribution in [-0.2, 0) is 49.4 Å². The van der Waals surface area contributed by atoms with Crippen LogP contribution < -0.4 is 0 Å². The first-order valence-corrected chi connectivity index (χ1v) is 46.4. The average molecular weight is 1870 g/mol. The van der Waals surface area contributed by atoms with Crippen molar-refractivity contribution in [3.63, 3.8) is 0 Å². The van der Waals surface area contributed by atoms with Crippen LogP contribution in [-0.4, -0.2) is 89.7 Å². The van der Waals surface area contributed by atoms with Crippen molar-refractivity contribution in [2.45, 2.75) is 89.4 Å². The van der Waals surface area contributed by atoms with E-state index in [1.165, 1.54) is 66.1 Å². The molecule has 12 N–H and O–H groups in total. The van der Waals surface area contributed by atoms with Crippen LogP contribution in [0.25, 0.3) is 66.1 Å². The molecule has 0 heterocycles. The molecule has 140 heavy (non-hydrogen) atoms. The van der Waals surface area contributed by atoms with Crippen LogP contribution >= 0.6 is 0 Å². The molecule has 0 bridgehead atoms. The average Bonchev–Trinajstić information content (AvgIpc) is 1.55. The summed E-state index contributed by atoms with van der Waals surface area (Å²) in [5.74, 6) is 2.15. The highest BCUT2D eigenvalue weighted by Gasteiger charge is 2.48. The molecule has 16 aromatic rings. The fourth-order valence-electron chi connectivity index (χ4n) is 16.3. The van der Waals surface area contributed by atoms with E-state index >= 15 is 0 Å². The maximum Gasteiger partial charge on any atom is 0.119 e. The Bertz CT molecular complexity index is 6190. The molecule has 0 amide bonds. The number of benzene rings is 16. The Hall–Kier alpha value is -16.1. The number of phenolic OH excluding ortho intramolecular Hbond substituents is 8. The molecule has 0 fully saturated rings. The predicted octanol–water partition coefficient (Wildman–Crippen LogP) is 29.7. The Morgan fingerprint density at radius 3 is 0.586 bits per heavy atom. The molecule has 720 valence electrons. The number of fused-ring (bicyclic) bond motifs is 8. The number of aliphatic hydroxyl groups is 4. The zero-order valence-electron chi connectivity index (χ0n) is 81.8. The van der Waals surface area contributed by atoms with E-state index in [4.69, 9.17) is 20.4 Å². The Morgan fingerprint density at radius 1 is 0.193 bits per heavy atom. The van der Waals surface area contributed by atoms with Gasteiger partial charge in [-0.2, -0.15) is 0 Å². The number of hydrogen-bond donors (Lipinski definition) is 12. The number of rotatable bonds is 21. The van der Waals surface area contributed by atoms with Crippen LogP contribution in [0.5, 0.6) is 46.0 Å². The van der Waals surface area contributed by atoms with Gasteiger partial charge in [0.1, 0.15) is 46.0 Å². The van der Waals surface area contributed by atoms with Crippen molar-refractivity contribution in [1.29, 1.82) is 0 Å². The zero-order chi connectivity index (χ0) is 102. The van der Waals surface area contributed by atoms with Crippen LogP contribution in [0, 0.1) is 0 Å². The van der Waals surface area contributed by atoms with Crippen LogP contribution in [0.3, 0.4) is 0 Å². The van der Waals surface area contributed by atoms with E-state index in [1.54, 1.807) is 78.9 Å². The largest absolute Gasteiger partial charge is 0.508 e. The smallest absolute Gasteiger partial charge is 0.119 e. The SMILES string of the molecule is C=CCC.C=CCC.C=CCC.C=CCc1cc(-c2ccc(O)c(CC=C)c2)ccc1O.C=CCc1cc(-c2ccc(O)cc2)ccc1O.C=CCc1cc(C2(c3ccc(O)c(CC=C)c3)c3ccccc3-c3ccccc32)ccc1O.C=CCc1cc(C2(c3ccc(O)cc3)c3ccccc3-c3ccccc32)ccc1O.CO.CO.CO.CO.c1ccc2ccccc2c1.c1ccc2ccccc2c1. The maximum absolute atomic E-state index is 10.5. The first-order valence-electron chi connectivity index (χ1n) is 46.4. The van der Waals surface area contributed by atoms with E-state index < -0.39 is 10.8 Å². The molecular formula is C128H136O12. The Balaban J connectivity index is 0.000000257. The van der Waals surface area contributed by atoms with Gasteiger partial charge in [-0.05, 0) is 281 Å². The molecule has 0 spiro atoms. The molecule has 0 unspecified atom stereocenters. The standard InChI is InChI=1S/C31H26O2.C28H22O2.C18H18O2.C15H14O2.2C10H8.3C4H8.4CH4O/c1-3-9-21-19-23(15-17-29(21)32)31(24-16-18-30(33)22(20-24)10-4-2)27-13-7-5-11-25(27)26-12-6-8-14-28(26)31;1-2-7-19-18-21(14-17-27(19)30)28(20-12-15-22(29)16-13-20)25-10-5-3-8-23(25)24-9-4-6-11-26(24)28;1-3-5-15-11-13(7-9-17(15)19)14-8-10-18(20)16(12-14)6-4-2;1-2-3-13-10-12(6-9-15(13)17)11-4-7-14(16)8-5-11;2*1-2-6-10-8-4-3-7-9(10)5-1;3*1-3-4-2;4*1-2/h3-8,11-20,32-33H,1-2,9-10H2;2-6,8-18,29-30H,1,7H2;3-4,7-12,19-20H,1-2,5-6H2;2,4-10,16-17H,1,3H2;2*1-8H;3*3H,1,4H2,2H3;4*2H,1H3. The molecule has 0 saturated carbocycles. The predicted molar refractivity (Wildman–Crippen MR) is 590 cm³/mol. The minimum Gasteiger partial charge on any atom is -0.508 e. The second-order valence-corrected chi connectivity index (χ2v) is 31.6. The van der Waals surface area contributed by atoms with Crippen LogP contribution in [0.1, 0.15) is 118 Å². The van der Waals surface area contributed by atoms with Crippen molar-refractivity contribution in [3.8, 4) is 90.5 Å². The van der Waals surface area contributed by atoms with Gasteiger partial charge in [0, 0.05) is 28.4 Å². The molecule has 12 heteroatoms. The summed E-state index contributed by atoms with van der Waals surface area (Å²) in [5, 5.41) is 113.